The maximum absolute atomic E-state index is 12.2. The van der Waals surface area contributed by atoms with Gasteiger partial charge in [0.05, 0.1) is 5.69 Å². The van der Waals surface area contributed by atoms with Crippen LogP contribution in [0.1, 0.15) is 40.0 Å². The topological polar surface area (TPSA) is 89.8 Å². The number of rotatable bonds is 6. The molecular weight excluding hydrogens is 382 g/mol. The number of hydrogen-bond acceptors (Lipinski definition) is 5. The maximum atomic E-state index is 12.2. The van der Waals surface area contributed by atoms with Crippen LogP contribution in [0.2, 0.25) is 0 Å². The molecule has 30 heavy (non-hydrogen) atoms. The molecule has 1 saturated carbocycles. The lowest BCUT2D eigenvalue weighted by atomic mass is 10.1. The van der Waals surface area contributed by atoms with Crippen molar-refractivity contribution >= 4 is 23.6 Å². The molecule has 3 aromatic rings. The number of aromatic nitrogens is 2. The number of ether oxygens (including phenoxy) is 1. The number of nitrogens with one attached hydrogen (secondary N) is 1. The number of hydrogen-bond donors (Lipinski definition) is 1. The van der Waals surface area contributed by atoms with Crippen molar-refractivity contribution in [1.29, 1.82) is 0 Å². The zero-order valence-corrected chi connectivity index (χ0v) is 16.5. The molecular formula is C23H21N3O4. The minimum Gasteiger partial charge on any atom is -0.456 e. The minimum absolute atomic E-state index is 0.0820. The molecule has 4 rings (SSSR count). The second-order valence-corrected chi connectivity index (χ2v) is 7.33. The van der Waals surface area contributed by atoms with Crippen LogP contribution in [0.25, 0.3) is 11.7 Å². The van der Waals surface area contributed by atoms with Gasteiger partial charge in [-0.2, -0.15) is 0 Å². The number of nitrogens with zero attached hydrogens (tertiary/aromatic N) is 2. The first kappa shape index (κ1) is 19.6. The summed E-state index contributed by atoms with van der Waals surface area (Å²) in [6.07, 6.45) is 6.70. The second kappa shape index (κ2) is 8.32. The number of esters is 1. The summed E-state index contributed by atoms with van der Waals surface area (Å²) in [7, 11) is 0. The van der Waals surface area contributed by atoms with Crippen molar-refractivity contribution in [1.82, 2.24) is 14.7 Å². The number of pyridine rings is 1. The zero-order chi connectivity index (χ0) is 21.1. The summed E-state index contributed by atoms with van der Waals surface area (Å²) in [5.41, 5.74) is 2.97. The molecule has 0 unspecified atom stereocenters. The number of carbonyl (C=O) groups is 2. The van der Waals surface area contributed by atoms with E-state index in [4.69, 9.17) is 4.74 Å². The second-order valence-electron chi connectivity index (χ2n) is 7.33. The summed E-state index contributed by atoms with van der Waals surface area (Å²) in [6.45, 7) is 1.80. The first-order chi connectivity index (χ1) is 14.5. The lowest BCUT2D eigenvalue weighted by Crippen LogP contribution is -2.25. The van der Waals surface area contributed by atoms with E-state index in [9.17, 15) is 14.4 Å². The van der Waals surface area contributed by atoms with Crippen molar-refractivity contribution in [2.24, 2.45) is 0 Å². The van der Waals surface area contributed by atoms with Gasteiger partial charge in [0.2, 0.25) is 0 Å². The van der Waals surface area contributed by atoms with E-state index in [0.29, 0.717) is 22.9 Å². The van der Waals surface area contributed by atoms with Crippen molar-refractivity contribution in [3.8, 4) is 0 Å². The smallest absolute Gasteiger partial charge is 0.331 e. The van der Waals surface area contributed by atoms with Crippen LogP contribution >= 0.6 is 0 Å². The third kappa shape index (κ3) is 4.81. The highest BCUT2D eigenvalue weighted by Gasteiger charge is 2.23. The molecule has 7 nitrogen and oxygen atoms in total. The highest BCUT2D eigenvalue weighted by Crippen LogP contribution is 2.19. The first-order valence-electron chi connectivity index (χ1n) is 9.73. The Kier molecular flexibility index (Phi) is 5.43. The van der Waals surface area contributed by atoms with Crippen LogP contribution in [0.4, 0.5) is 0 Å². The first-order valence-corrected chi connectivity index (χ1v) is 9.73. The molecule has 0 spiro atoms. The van der Waals surface area contributed by atoms with E-state index >= 15 is 0 Å². The number of fused-ring (bicyclic) bond motifs is 1. The summed E-state index contributed by atoms with van der Waals surface area (Å²) in [5.74, 6) is -0.627. The van der Waals surface area contributed by atoms with Gasteiger partial charge in [0, 0.05) is 29.9 Å². The number of aryl methyl sites for hydroxylation is 1. The summed E-state index contributed by atoms with van der Waals surface area (Å²) >= 11 is 0. The molecule has 0 radical (unpaired) electrons. The van der Waals surface area contributed by atoms with Crippen molar-refractivity contribution in [2.45, 2.75) is 32.4 Å². The van der Waals surface area contributed by atoms with Crippen LogP contribution in [0.5, 0.6) is 0 Å². The fourth-order valence-electron chi connectivity index (χ4n) is 2.93. The number of benzene rings is 1. The van der Waals surface area contributed by atoms with Gasteiger partial charge in [0.15, 0.2) is 0 Å². The van der Waals surface area contributed by atoms with Crippen molar-refractivity contribution < 1.29 is 14.3 Å². The molecule has 0 aliphatic heterocycles. The van der Waals surface area contributed by atoms with Crippen LogP contribution < -0.4 is 10.9 Å². The van der Waals surface area contributed by atoms with Crippen LogP contribution in [0.3, 0.4) is 0 Å². The van der Waals surface area contributed by atoms with E-state index in [2.05, 4.69) is 10.3 Å². The zero-order valence-electron chi connectivity index (χ0n) is 16.5. The Morgan fingerprint density at radius 1 is 1.20 bits per heavy atom. The molecule has 152 valence electrons. The fraction of sp³-hybridized carbons (Fsp3) is 0.217. The predicted molar refractivity (Wildman–Crippen MR) is 112 cm³/mol. The Morgan fingerprint density at radius 2 is 1.97 bits per heavy atom. The van der Waals surface area contributed by atoms with E-state index in [-0.39, 0.29) is 18.1 Å². The monoisotopic (exact) mass is 403 g/mol. The predicted octanol–water partition coefficient (Wildman–Crippen LogP) is 2.65. The van der Waals surface area contributed by atoms with Crippen molar-refractivity contribution in [3.63, 3.8) is 0 Å². The van der Waals surface area contributed by atoms with Crippen LogP contribution in [0.15, 0.2) is 59.5 Å². The van der Waals surface area contributed by atoms with Gasteiger partial charge < -0.3 is 10.1 Å². The molecule has 1 fully saturated rings. The standard InChI is InChI=1S/C23H21N3O4/c1-15-2-10-20-24-19(12-21(27)26(20)13-15)14-30-22(28)11-5-16-3-6-17(7-4-16)23(29)25-18-8-9-18/h2-7,10-13,18H,8-9,14H2,1H3,(H,25,29)/b11-5+. The number of amides is 1. The SMILES string of the molecule is Cc1ccc2nc(COC(=O)/C=C/c3ccc(C(=O)NC4CC4)cc3)cc(=O)n2c1. The molecule has 2 aromatic heterocycles. The average molecular weight is 403 g/mol. The molecule has 0 bridgehead atoms. The Labute approximate surface area is 173 Å². The van der Waals surface area contributed by atoms with Gasteiger partial charge in [-0.15, -0.1) is 0 Å². The molecule has 0 atom stereocenters. The number of carbonyl (C=O) groups excluding carboxylic acids is 2. The van der Waals surface area contributed by atoms with Gasteiger partial charge in [-0.25, -0.2) is 9.78 Å². The van der Waals surface area contributed by atoms with Gasteiger partial charge in [-0.1, -0.05) is 18.2 Å². The Morgan fingerprint density at radius 3 is 2.70 bits per heavy atom. The molecule has 7 heteroatoms. The summed E-state index contributed by atoms with van der Waals surface area (Å²) < 4.78 is 6.64. The molecule has 1 amide bonds. The third-order valence-corrected chi connectivity index (χ3v) is 4.72. The fourth-order valence-corrected chi connectivity index (χ4v) is 2.93. The van der Waals surface area contributed by atoms with E-state index in [1.54, 1.807) is 42.6 Å². The summed E-state index contributed by atoms with van der Waals surface area (Å²) in [4.78, 5) is 40.5. The average Bonchev–Trinajstić information content (AvgIpc) is 3.55. The summed E-state index contributed by atoms with van der Waals surface area (Å²) in [6, 6.07) is 12.2. The van der Waals surface area contributed by atoms with E-state index in [0.717, 1.165) is 24.0 Å². The van der Waals surface area contributed by atoms with Crippen molar-refractivity contribution in [3.05, 3.63) is 87.5 Å². The van der Waals surface area contributed by atoms with Crippen LogP contribution in [-0.4, -0.2) is 27.3 Å². The molecule has 0 saturated heterocycles. The molecule has 1 N–H and O–H groups in total. The summed E-state index contributed by atoms with van der Waals surface area (Å²) in [5, 5.41) is 2.93. The van der Waals surface area contributed by atoms with Crippen LogP contribution in [-0.2, 0) is 16.1 Å². The van der Waals surface area contributed by atoms with Gasteiger partial charge in [0.25, 0.3) is 11.5 Å². The van der Waals surface area contributed by atoms with Gasteiger partial charge in [-0.3, -0.25) is 14.0 Å². The van der Waals surface area contributed by atoms with Gasteiger partial charge in [-0.05, 0) is 55.2 Å². The Hall–Kier alpha value is -3.74. The highest BCUT2D eigenvalue weighted by atomic mass is 16.5. The minimum atomic E-state index is -0.545. The van der Waals surface area contributed by atoms with Gasteiger partial charge in [0.1, 0.15) is 12.3 Å². The lowest BCUT2D eigenvalue weighted by molar-refractivity contribution is -0.139. The van der Waals surface area contributed by atoms with Crippen LogP contribution in [0, 0.1) is 6.92 Å². The molecule has 1 aliphatic rings. The highest BCUT2D eigenvalue weighted by molar-refractivity contribution is 5.95. The Bertz CT molecular complexity index is 1190. The normalized spacial score (nSPS) is 13.5. The van der Waals surface area contributed by atoms with Gasteiger partial charge >= 0.3 is 5.97 Å². The molecule has 2 heterocycles. The van der Waals surface area contributed by atoms with E-state index in [1.807, 2.05) is 13.0 Å². The van der Waals surface area contributed by atoms with E-state index < -0.39 is 5.97 Å². The van der Waals surface area contributed by atoms with Crippen molar-refractivity contribution in [2.75, 3.05) is 0 Å². The van der Waals surface area contributed by atoms with E-state index in [1.165, 1.54) is 16.5 Å². The Balaban J connectivity index is 1.34. The maximum Gasteiger partial charge on any atom is 0.331 e. The lowest BCUT2D eigenvalue weighted by Gasteiger charge is -2.05. The molecule has 1 aromatic carbocycles. The quantitative estimate of drug-likeness (QED) is 0.505. The largest absolute Gasteiger partial charge is 0.456 e. The molecule has 1 aliphatic carbocycles. The third-order valence-electron chi connectivity index (χ3n) is 4.72.